The van der Waals surface area contributed by atoms with Crippen molar-refractivity contribution in [2.24, 2.45) is 0 Å². The molecule has 0 radical (unpaired) electrons. The third-order valence-corrected chi connectivity index (χ3v) is 3.94. The van der Waals surface area contributed by atoms with E-state index in [9.17, 15) is 0 Å². The molecule has 3 aromatic rings. The second-order valence-electron chi connectivity index (χ2n) is 5.24. The first-order valence-corrected chi connectivity index (χ1v) is 8.43. The normalized spacial score (nSPS) is 10.7. The van der Waals surface area contributed by atoms with Crippen molar-refractivity contribution in [3.05, 3.63) is 52.6 Å². The van der Waals surface area contributed by atoms with Gasteiger partial charge < -0.3 is 5.32 Å². The van der Waals surface area contributed by atoms with Crippen LogP contribution in [0.2, 0.25) is 5.28 Å². The Labute approximate surface area is 149 Å². The van der Waals surface area contributed by atoms with E-state index < -0.39 is 0 Å². The van der Waals surface area contributed by atoms with Crippen LogP contribution in [0.1, 0.15) is 17.0 Å². The highest BCUT2D eigenvalue weighted by Crippen LogP contribution is 2.24. The maximum absolute atomic E-state index is 6.01. The van der Waals surface area contributed by atoms with E-state index in [4.69, 9.17) is 11.6 Å². The first-order valence-electron chi connectivity index (χ1n) is 7.23. The fourth-order valence-electron chi connectivity index (χ4n) is 2.02. The van der Waals surface area contributed by atoms with Crippen LogP contribution >= 0.6 is 23.4 Å². The van der Waals surface area contributed by atoms with Gasteiger partial charge in [-0.15, -0.1) is 0 Å². The summed E-state index contributed by atoms with van der Waals surface area (Å²) in [4.78, 5) is 21.3. The average Bonchev–Trinajstić information content (AvgIpc) is 2.48. The van der Waals surface area contributed by atoms with E-state index in [0.29, 0.717) is 16.3 Å². The number of anilines is 2. The molecule has 0 unspecified atom stereocenters. The summed E-state index contributed by atoms with van der Waals surface area (Å²) in [5.41, 5.74) is 3.84. The van der Waals surface area contributed by atoms with Crippen LogP contribution in [0.25, 0.3) is 0 Å². The molecule has 0 aliphatic heterocycles. The number of aryl methyl sites for hydroxylation is 3. The smallest absolute Gasteiger partial charge is 0.232 e. The van der Waals surface area contributed by atoms with Gasteiger partial charge in [0, 0.05) is 17.1 Å². The standard InChI is InChI=1S/C16H15ClN6S/c1-9-4-6-12(7-5-9)20-14-21-13(17)22-16(23-14)24-15-18-10(2)8-11(3)19-15/h4-8H,1-3H3,(H,20,21,22,23). The molecule has 6 nitrogen and oxygen atoms in total. The Morgan fingerprint density at radius 3 is 2.12 bits per heavy atom. The van der Waals surface area contributed by atoms with Gasteiger partial charge >= 0.3 is 0 Å². The molecular formula is C16H15ClN6S. The van der Waals surface area contributed by atoms with Crippen LogP contribution in [0.3, 0.4) is 0 Å². The van der Waals surface area contributed by atoms with Gasteiger partial charge in [0.1, 0.15) is 0 Å². The van der Waals surface area contributed by atoms with Crippen LogP contribution in [0, 0.1) is 20.8 Å². The highest BCUT2D eigenvalue weighted by Gasteiger charge is 2.10. The van der Waals surface area contributed by atoms with E-state index in [1.54, 1.807) is 0 Å². The molecule has 2 heterocycles. The molecular weight excluding hydrogens is 344 g/mol. The molecule has 0 amide bonds. The highest BCUT2D eigenvalue weighted by atomic mass is 35.5. The van der Waals surface area contributed by atoms with Gasteiger partial charge in [0.05, 0.1) is 0 Å². The number of halogens is 1. The van der Waals surface area contributed by atoms with Crippen LogP contribution in [-0.4, -0.2) is 24.9 Å². The SMILES string of the molecule is Cc1ccc(Nc2nc(Cl)nc(Sc3nc(C)cc(C)n3)n2)cc1. The molecule has 1 aromatic carbocycles. The summed E-state index contributed by atoms with van der Waals surface area (Å²) in [6.07, 6.45) is 0. The quantitative estimate of drug-likeness (QED) is 0.702. The summed E-state index contributed by atoms with van der Waals surface area (Å²) in [6, 6.07) is 9.82. The van der Waals surface area contributed by atoms with Gasteiger partial charge in [-0.3, -0.25) is 0 Å². The first kappa shape index (κ1) is 16.6. The van der Waals surface area contributed by atoms with Crippen LogP contribution < -0.4 is 5.32 Å². The first-order chi connectivity index (χ1) is 11.5. The fraction of sp³-hybridized carbons (Fsp3) is 0.188. The van der Waals surface area contributed by atoms with Gasteiger partial charge in [0.25, 0.3) is 0 Å². The number of aromatic nitrogens is 5. The zero-order valence-corrected chi connectivity index (χ0v) is 15.0. The summed E-state index contributed by atoms with van der Waals surface area (Å²) in [6.45, 7) is 5.87. The molecule has 8 heteroatoms. The minimum atomic E-state index is 0.117. The Morgan fingerprint density at radius 2 is 1.46 bits per heavy atom. The van der Waals surface area contributed by atoms with Crippen LogP contribution in [-0.2, 0) is 0 Å². The topological polar surface area (TPSA) is 76.5 Å². The minimum absolute atomic E-state index is 0.117. The van der Waals surface area contributed by atoms with E-state index in [-0.39, 0.29) is 5.28 Å². The summed E-state index contributed by atoms with van der Waals surface area (Å²) in [5.74, 6) is 0.380. The van der Waals surface area contributed by atoms with Crippen molar-refractivity contribution >= 4 is 35.0 Å². The molecule has 2 aromatic heterocycles. The van der Waals surface area contributed by atoms with Crippen molar-refractivity contribution in [1.29, 1.82) is 0 Å². The largest absolute Gasteiger partial charge is 0.324 e. The lowest BCUT2D eigenvalue weighted by atomic mass is 10.2. The summed E-state index contributed by atoms with van der Waals surface area (Å²) >= 11 is 7.26. The van der Waals surface area contributed by atoms with Crippen molar-refractivity contribution in [1.82, 2.24) is 24.9 Å². The van der Waals surface area contributed by atoms with Gasteiger partial charge in [-0.1, -0.05) is 17.7 Å². The number of hydrogen-bond acceptors (Lipinski definition) is 7. The van der Waals surface area contributed by atoms with E-state index in [1.165, 1.54) is 17.3 Å². The lowest BCUT2D eigenvalue weighted by Gasteiger charge is -2.07. The predicted molar refractivity (Wildman–Crippen MR) is 94.9 cm³/mol. The maximum Gasteiger partial charge on any atom is 0.232 e. The second-order valence-corrected chi connectivity index (χ2v) is 6.51. The Balaban J connectivity index is 1.84. The summed E-state index contributed by atoms with van der Waals surface area (Å²) in [5, 5.41) is 4.26. The molecule has 0 atom stereocenters. The third kappa shape index (κ3) is 4.39. The van der Waals surface area contributed by atoms with Crippen molar-refractivity contribution in [2.75, 3.05) is 5.32 Å². The van der Waals surface area contributed by atoms with Crippen LogP contribution in [0.4, 0.5) is 11.6 Å². The van der Waals surface area contributed by atoms with Gasteiger partial charge in [-0.2, -0.15) is 15.0 Å². The zero-order chi connectivity index (χ0) is 17.1. The van der Waals surface area contributed by atoms with Gasteiger partial charge in [0.15, 0.2) is 5.16 Å². The molecule has 0 aliphatic rings. The van der Waals surface area contributed by atoms with Gasteiger partial charge in [0.2, 0.25) is 16.4 Å². The van der Waals surface area contributed by atoms with E-state index in [1.807, 2.05) is 51.1 Å². The van der Waals surface area contributed by atoms with Gasteiger partial charge in [-0.25, -0.2) is 9.97 Å². The van der Waals surface area contributed by atoms with Crippen molar-refractivity contribution < 1.29 is 0 Å². The maximum atomic E-state index is 6.01. The molecule has 0 saturated heterocycles. The zero-order valence-electron chi connectivity index (χ0n) is 13.4. The molecule has 0 bridgehead atoms. The van der Waals surface area contributed by atoms with Crippen molar-refractivity contribution in [3.63, 3.8) is 0 Å². The summed E-state index contributed by atoms with van der Waals surface area (Å²) in [7, 11) is 0. The Morgan fingerprint density at radius 1 is 0.833 bits per heavy atom. The highest BCUT2D eigenvalue weighted by molar-refractivity contribution is 7.99. The number of rotatable bonds is 4. The Kier molecular flexibility index (Phi) is 4.92. The number of benzene rings is 1. The number of nitrogens with zero attached hydrogens (tertiary/aromatic N) is 5. The van der Waals surface area contributed by atoms with E-state index in [2.05, 4.69) is 30.2 Å². The fourth-order valence-corrected chi connectivity index (χ4v) is 3.04. The second kappa shape index (κ2) is 7.11. The molecule has 0 saturated carbocycles. The average molecular weight is 359 g/mol. The van der Waals surface area contributed by atoms with E-state index >= 15 is 0 Å². The van der Waals surface area contributed by atoms with Gasteiger partial charge in [-0.05, 0) is 62.3 Å². The Hall–Kier alpha value is -2.25. The third-order valence-electron chi connectivity index (χ3n) is 3.04. The minimum Gasteiger partial charge on any atom is -0.324 e. The molecule has 1 N–H and O–H groups in total. The summed E-state index contributed by atoms with van der Waals surface area (Å²) < 4.78 is 0. The lowest BCUT2D eigenvalue weighted by Crippen LogP contribution is -2.01. The monoisotopic (exact) mass is 358 g/mol. The van der Waals surface area contributed by atoms with Crippen LogP contribution in [0.5, 0.6) is 0 Å². The Bertz CT molecular complexity index is 849. The lowest BCUT2D eigenvalue weighted by molar-refractivity contribution is 0.874. The number of hydrogen-bond donors (Lipinski definition) is 1. The van der Waals surface area contributed by atoms with Crippen LogP contribution in [0.15, 0.2) is 40.6 Å². The molecule has 0 fully saturated rings. The molecule has 0 spiro atoms. The molecule has 24 heavy (non-hydrogen) atoms. The number of nitrogens with one attached hydrogen (secondary N) is 1. The molecule has 3 rings (SSSR count). The molecule has 0 aliphatic carbocycles. The van der Waals surface area contributed by atoms with Crippen molar-refractivity contribution in [2.45, 2.75) is 31.1 Å². The van der Waals surface area contributed by atoms with Crippen molar-refractivity contribution in [3.8, 4) is 0 Å². The van der Waals surface area contributed by atoms with E-state index in [0.717, 1.165) is 17.1 Å². The molecule has 122 valence electrons. The predicted octanol–water partition coefficient (Wildman–Crippen LogP) is 4.14.